The van der Waals surface area contributed by atoms with Gasteiger partial charge in [0.2, 0.25) is 0 Å². The van der Waals surface area contributed by atoms with Crippen LogP contribution in [0.15, 0.2) is 11.6 Å². The van der Waals surface area contributed by atoms with Crippen molar-refractivity contribution >= 4 is 0 Å². The number of fused-ring (bicyclic) bond motifs is 1. The average Bonchev–Trinajstić information content (AvgIpc) is 2.43. The second kappa shape index (κ2) is 3.10. The van der Waals surface area contributed by atoms with Crippen LogP contribution in [0.25, 0.3) is 0 Å². The second-order valence-corrected chi connectivity index (χ2v) is 6.26. The summed E-state index contributed by atoms with van der Waals surface area (Å²) >= 11 is 0. The maximum absolute atomic E-state index is 10.2. The second-order valence-electron chi connectivity index (χ2n) is 6.26. The number of hydrogen-bond acceptors (Lipinski definition) is 1. The van der Waals surface area contributed by atoms with Gasteiger partial charge in [-0.05, 0) is 49.9 Å². The summed E-state index contributed by atoms with van der Waals surface area (Å²) in [6, 6.07) is 0. The summed E-state index contributed by atoms with van der Waals surface area (Å²) in [7, 11) is 0. The Kier molecular flexibility index (Phi) is 2.04. The van der Waals surface area contributed by atoms with Gasteiger partial charge in [0.1, 0.15) is 0 Å². The lowest BCUT2D eigenvalue weighted by Gasteiger charge is -2.40. The van der Waals surface area contributed by atoms with E-state index >= 15 is 0 Å². The minimum absolute atomic E-state index is 0.0783. The first-order chi connectivity index (χ1) is 7.12. The van der Waals surface area contributed by atoms with Crippen LogP contribution in [0.3, 0.4) is 0 Å². The summed E-state index contributed by atoms with van der Waals surface area (Å²) in [5, 5.41) is 10.2. The third-order valence-corrected chi connectivity index (χ3v) is 5.16. The molecular formula is C14H22O. The van der Waals surface area contributed by atoms with Gasteiger partial charge in [0, 0.05) is 5.41 Å². The van der Waals surface area contributed by atoms with E-state index in [1.165, 1.54) is 25.7 Å². The minimum atomic E-state index is -0.136. The van der Waals surface area contributed by atoms with Crippen LogP contribution in [0.2, 0.25) is 0 Å². The van der Waals surface area contributed by atoms with Crippen molar-refractivity contribution in [1.29, 1.82) is 0 Å². The fourth-order valence-electron chi connectivity index (χ4n) is 4.35. The number of aliphatic hydroxyl groups excluding tert-OH is 1. The summed E-state index contributed by atoms with van der Waals surface area (Å²) in [5.74, 6) is 2.83. The molecule has 84 valence electrons. The van der Waals surface area contributed by atoms with Crippen molar-refractivity contribution in [2.75, 3.05) is 0 Å². The molecule has 15 heavy (non-hydrogen) atoms. The molecule has 0 aromatic heterocycles. The highest BCUT2D eigenvalue weighted by atomic mass is 16.3. The SMILES string of the molecule is CCC(O)C1(C)C=C2CC3CC(CC23)C1. The first-order valence-electron chi connectivity index (χ1n) is 6.52. The Morgan fingerprint density at radius 2 is 2.33 bits per heavy atom. The molecule has 0 aromatic rings. The fourth-order valence-corrected chi connectivity index (χ4v) is 4.35. The molecule has 1 heteroatoms. The predicted octanol–water partition coefficient (Wildman–Crippen LogP) is 3.14. The smallest absolute Gasteiger partial charge is 0.0625 e. The Hall–Kier alpha value is -0.300. The van der Waals surface area contributed by atoms with E-state index < -0.39 is 0 Å². The number of rotatable bonds is 2. The summed E-state index contributed by atoms with van der Waals surface area (Å²) in [4.78, 5) is 0. The van der Waals surface area contributed by atoms with Gasteiger partial charge in [-0.25, -0.2) is 0 Å². The molecule has 2 bridgehead atoms. The van der Waals surface area contributed by atoms with Gasteiger partial charge in [-0.1, -0.05) is 25.5 Å². The fraction of sp³-hybridized carbons (Fsp3) is 0.857. The van der Waals surface area contributed by atoms with Crippen molar-refractivity contribution < 1.29 is 5.11 Å². The molecule has 5 unspecified atom stereocenters. The lowest BCUT2D eigenvalue weighted by molar-refractivity contribution is 0.0481. The van der Waals surface area contributed by atoms with Crippen molar-refractivity contribution in [2.45, 2.75) is 52.1 Å². The van der Waals surface area contributed by atoms with Gasteiger partial charge in [-0.3, -0.25) is 0 Å². The summed E-state index contributed by atoms with van der Waals surface area (Å²) in [5.41, 5.74) is 1.75. The highest BCUT2D eigenvalue weighted by Crippen LogP contribution is 2.59. The van der Waals surface area contributed by atoms with Crippen LogP contribution in [0, 0.1) is 23.2 Å². The first-order valence-corrected chi connectivity index (χ1v) is 6.52. The highest BCUT2D eigenvalue weighted by Gasteiger charge is 2.49. The van der Waals surface area contributed by atoms with Gasteiger partial charge >= 0.3 is 0 Å². The van der Waals surface area contributed by atoms with Crippen LogP contribution >= 0.6 is 0 Å². The molecule has 3 aliphatic rings. The topological polar surface area (TPSA) is 20.2 Å². The monoisotopic (exact) mass is 206 g/mol. The van der Waals surface area contributed by atoms with Crippen molar-refractivity contribution in [3.8, 4) is 0 Å². The molecule has 0 spiro atoms. The van der Waals surface area contributed by atoms with Crippen LogP contribution in [0.5, 0.6) is 0 Å². The van der Waals surface area contributed by atoms with E-state index in [0.29, 0.717) is 0 Å². The maximum Gasteiger partial charge on any atom is 0.0625 e. The molecule has 1 nitrogen and oxygen atoms in total. The molecule has 2 fully saturated rings. The molecule has 0 amide bonds. The molecule has 0 radical (unpaired) electrons. The standard InChI is InChI=1S/C14H22O/c1-3-13(15)14(2)7-9-4-10-6-11(8-14)12(10)5-9/h8-10,12-13,15H,3-7H2,1-2H3. The zero-order chi connectivity index (χ0) is 10.6. The van der Waals surface area contributed by atoms with Crippen LogP contribution in [0.1, 0.15) is 46.0 Å². The number of aliphatic hydroxyl groups is 1. The molecule has 2 saturated carbocycles. The Morgan fingerprint density at radius 3 is 3.07 bits per heavy atom. The van der Waals surface area contributed by atoms with E-state index in [-0.39, 0.29) is 11.5 Å². The zero-order valence-electron chi connectivity index (χ0n) is 9.87. The van der Waals surface area contributed by atoms with Gasteiger partial charge in [0.15, 0.2) is 0 Å². The lowest BCUT2D eigenvalue weighted by Crippen LogP contribution is -2.34. The average molecular weight is 206 g/mol. The van der Waals surface area contributed by atoms with Crippen LogP contribution in [-0.4, -0.2) is 11.2 Å². The van der Waals surface area contributed by atoms with Crippen LogP contribution in [0.4, 0.5) is 0 Å². The van der Waals surface area contributed by atoms with Crippen molar-refractivity contribution in [3.05, 3.63) is 11.6 Å². The van der Waals surface area contributed by atoms with Crippen LogP contribution < -0.4 is 0 Å². The number of hydrogen-bond donors (Lipinski definition) is 1. The molecular weight excluding hydrogens is 184 g/mol. The third-order valence-electron chi connectivity index (χ3n) is 5.16. The third kappa shape index (κ3) is 1.32. The van der Waals surface area contributed by atoms with E-state index in [9.17, 15) is 5.11 Å². The predicted molar refractivity (Wildman–Crippen MR) is 61.4 cm³/mol. The summed E-state index contributed by atoms with van der Waals surface area (Å²) in [6.45, 7) is 4.36. The minimum Gasteiger partial charge on any atom is -0.392 e. The van der Waals surface area contributed by atoms with Crippen molar-refractivity contribution in [3.63, 3.8) is 0 Å². The van der Waals surface area contributed by atoms with Crippen molar-refractivity contribution in [1.82, 2.24) is 0 Å². The van der Waals surface area contributed by atoms with Gasteiger partial charge < -0.3 is 5.11 Å². The van der Waals surface area contributed by atoms with Crippen molar-refractivity contribution in [2.24, 2.45) is 23.2 Å². The molecule has 3 rings (SSSR count). The van der Waals surface area contributed by atoms with E-state index in [1.807, 2.05) is 0 Å². The lowest BCUT2D eigenvalue weighted by atomic mass is 9.66. The summed E-state index contributed by atoms with van der Waals surface area (Å²) < 4.78 is 0. The zero-order valence-corrected chi connectivity index (χ0v) is 9.87. The molecule has 3 aliphatic carbocycles. The largest absolute Gasteiger partial charge is 0.392 e. The van der Waals surface area contributed by atoms with E-state index in [4.69, 9.17) is 0 Å². The number of allylic oxidation sites excluding steroid dienone is 1. The molecule has 0 aromatic carbocycles. The van der Waals surface area contributed by atoms with Gasteiger partial charge in [0.25, 0.3) is 0 Å². The first kappa shape index (κ1) is 9.89. The van der Waals surface area contributed by atoms with E-state index in [2.05, 4.69) is 19.9 Å². The van der Waals surface area contributed by atoms with Gasteiger partial charge in [-0.15, -0.1) is 0 Å². The normalized spacial score (nSPS) is 49.3. The van der Waals surface area contributed by atoms with E-state index in [1.54, 1.807) is 5.57 Å². The summed E-state index contributed by atoms with van der Waals surface area (Å²) in [6.07, 6.45) is 8.62. The molecule has 1 N–H and O–H groups in total. The Morgan fingerprint density at radius 1 is 1.53 bits per heavy atom. The van der Waals surface area contributed by atoms with Gasteiger partial charge in [-0.2, -0.15) is 0 Å². The maximum atomic E-state index is 10.2. The highest BCUT2D eigenvalue weighted by molar-refractivity contribution is 5.27. The Balaban J connectivity index is 1.92. The molecule has 5 atom stereocenters. The molecule has 0 saturated heterocycles. The van der Waals surface area contributed by atoms with E-state index in [0.717, 1.165) is 24.2 Å². The van der Waals surface area contributed by atoms with Gasteiger partial charge in [0.05, 0.1) is 6.10 Å². The Bertz CT molecular complexity index is 306. The Labute approximate surface area is 92.6 Å². The quantitative estimate of drug-likeness (QED) is 0.688. The molecule has 0 heterocycles. The molecule has 0 aliphatic heterocycles. The van der Waals surface area contributed by atoms with Crippen LogP contribution in [-0.2, 0) is 0 Å².